The van der Waals surface area contributed by atoms with Crippen molar-refractivity contribution in [1.29, 1.82) is 0 Å². The maximum Gasteiger partial charge on any atom is 0.307 e. The third kappa shape index (κ3) is 5.27. The normalized spacial score (nSPS) is 10.1. The standard InChI is InChI=1S/C15H14N2O3S/c18-14(10-21-13-4-6-16-7-5-13)17-12-3-1-2-11(8-12)9-15(19)20/h1-8H,9-10H2,(H,17,18)(H,19,20). The number of nitrogens with zero attached hydrogens (tertiary/aromatic N) is 1. The maximum atomic E-state index is 11.9. The molecule has 0 unspecified atom stereocenters. The molecule has 108 valence electrons. The number of hydrogen-bond donors (Lipinski definition) is 2. The van der Waals surface area contributed by atoms with E-state index < -0.39 is 5.97 Å². The van der Waals surface area contributed by atoms with E-state index >= 15 is 0 Å². The molecule has 1 aromatic heterocycles. The van der Waals surface area contributed by atoms with E-state index in [1.165, 1.54) is 11.8 Å². The van der Waals surface area contributed by atoms with Crippen LogP contribution in [-0.2, 0) is 16.0 Å². The molecule has 0 spiro atoms. The first-order valence-corrected chi connectivity index (χ1v) is 7.25. The molecule has 0 aliphatic heterocycles. The summed E-state index contributed by atoms with van der Waals surface area (Å²) in [4.78, 5) is 27.4. The molecule has 2 rings (SSSR count). The van der Waals surface area contributed by atoms with Gasteiger partial charge in [0.1, 0.15) is 0 Å². The Morgan fingerprint density at radius 1 is 1.19 bits per heavy atom. The van der Waals surface area contributed by atoms with Crippen LogP contribution in [0.4, 0.5) is 5.69 Å². The van der Waals surface area contributed by atoms with Crippen LogP contribution in [-0.4, -0.2) is 27.7 Å². The highest BCUT2D eigenvalue weighted by molar-refractivity contribution is 8.00. The summed E-state index contributed by atoms with van der Waals surface area (Å²) in [5.74, 6) is -0.747. The van der Waals surface area contributed by atoms with Gasteiger partial charge in [0.2, 0.25) is 5.91 Å². The largest absolute Gasteiger partial charge is 0.481 e. The van der Waals surface area contributed by atoms with Crippen LogP contribution in [0.25, 0.3) is 0 Å². The number of carboxylic acid groups (broad SMARTS) is 1. The topological polar surface area (TPSA) is 79.3 Å². The highest BCUT2D eigenvalue weighted by Crippen LogP contribution is 2.17. The summed E-state index contributed by atoms with van der Waals surface area (Å²) in [6.45, 7) is 0. The molecule has 2 aromatic rings. The number of carboxylic acids is 1. The van der Waals surface area contributed by atoms with Gasteiger partial charge in [0, 0.05) is 23.0 Å². The summed E-state index contributed by atoms with van der Waals surface area (Å²) in [5, 5.41) is 11.5. The van der Waals surface area contributed by atoms with E-state index in [1.807, 2.05) is 12.1 Å². The van der Waals surface area contributed by atoms with Crippen molar-refractivity contribution in [2.45, 2.75) is 11.3 Å². The number of anilines is 1. The van der Waals surface area contributed by atoms with Gasteiger partial charge in [-0.05, 0) is 29.8 Å². The van der Waals surface area contributed by atoms with Gasteiger partial charge in [-0.3, -0.25) is 14.6 Å². The average molecular weight is 302 g/mol. The Morgan fingerprint density at radius 3 is 2.67 bits per heavy atom. The van der Waals surface area contributed by atoms with Crippen molar-refractivity contribution in [2.24, 2.45) is 0 Å². The third-order valence-corrected chi connectivity index (χ3v) is 3.60. The molecule has 0 aliphatic carbocycles. The molecule has 1 aromatic carbocycles. The van der Waals surface area contributed by atoms with Crippen LogP contribution in [0.3, 0.4) is 0 Å². The molecule has 5 nitrogen and oxygen atoms in total. The lowest BCUT2D eigenvalue weighted by Crippen LogP contribution is -2.14. The Balaban J connectivity index is 1.89. The number of carbonyl (C=O) groups is 2. The zero-order chi connectivity index (χ0) is 15.1. The average Bonchev–Trinajstić information content (AvgIpc) is 2.46. The molecule has 0 bridgehead atoms. The second-order valence-electron chi connectivity index (χ2n) is 4.29. The van der Waals surface area contributed by atoms with Crippen LogP contribution >= 0.6 is 11.8 Å². The highest BCUT2D eigenvalue weighted by Gasteiger charge is 2.05. The minimum Gasteiger partial charge on any atom is -0.481 e. The molecule has 21 heavy (non-hydrogen) atoms. The zero-order valence-corrected chi connectivity index (χ0v) is 12.0. The van der Waals surface area contributed by atoms with Crippen molar-refractivity contribution in [3.05, 3.63) is 54.4 Å². The summed E-state index contributed by atoms with van der Waals surface area (Å²) in [5.41, 5.74) is 1.26. The van der Waals surface area contributed by atoms with Crippen molar-refractivity contribution < 1.29 is 14.7 Å². The van der Waals surface area contributed by atoms with Gasteiger partial charge in [-0.1, -0.05) is 12.1 Å². The summed E-state index contributed by atoms with van der Waals surface area (Å²) in [7, 11) is 0. The van der Waals surface area contributed by atoms with Crippen molar-refractivity contribution in [3.63, 3.8) is 0 Å². The van der Waals surface area contributed by atoms with E-state index in [1.54, 1.807) is 36.7 Å². The molecular weight excluding hydrogens is 288 g/mol. The molecule has 2 N–H and O–H groups in total. The Labute approximate surface area is 126 Å². The Bertz CT molecular complexity index is 632. The van der Waals surface area contributed by atoms with E-state index in [-0.39, 0.29) is 18.1 Å². The van der Waals surface area contributed by atoms with E-state index in [0.29, 0.717) is 11.3 Å². The van der Waals surface area contributed by atoms with Gasteiger partial charge in [0.05, 0.1) is 12.2 Å². The molecule has 0 fully saturated rings. The van der Waals surface area contributed by atoms with Gasteiger partial charge in [0.25, 0.3) is 0 Å². The van der Waals surface area contributed by atoms with E-state index in [4.69, 9.17) is 5.11 Å². The Morgan fingerprint density at radius 2 is 1.95 bits per heavy atom. The second kappa shape index (κ2) is 7.44. The summed E-state index contributed by atoms with van der Waals surface area (Å²) in [6, 6.07) is 10.5. The molecule has 0 saturated carbocycles. The Kier molecular flexibility index (Phi) is 5.34. The Hall–Kier alpha value is -2.34. The van der Waals surface area contributed by atoms with Crippen LogP contribution in [0.5, 0.6) is 0 Å². The number of pyridine rings is 1. The molecule has 1 heterocycles. The van der Waals surface area contributed by atoms with E-state index in [2.05, 4.69) is 10.3 Å². The van der Waals surface area contributed by atoms with Gasteiger partial charge in [0.15, 0.2) is 0 Å². The monoisotopic (exact) mass is 302 g/mol. The van der Waals surface area contributed by atoms with E-state index in [0.717, 1.165) is 4.90 Å². The predicted molar refractivity (Wildman–Crippen MR) is 81.4 cm³/mol. The molecule has 0 radical (unpaired) electrons. The van der Waals surface area contributed by atoms with Gasteiger partial charge in [-0.2, -0.15) is 0 Å². The fourth-order valence-electron chi connectivity index (χ4n) is 1.71. The number of aliphatic carboxylic acids is 1. The number of amides is 1. The number of nitrogens with one attached hydrogen (secondary N) is 1. The molecule has 6 heteroatoms. The molecular formula is C15H14N2O3S. The lowest BCUT2D eigenvalue weighted by Gasteiger charge is -2.06. The molecule has 0 atom stereocenters. The molecule has 0 saturated heterocycles. The first-order chi connectivity index (χ1) is 10.1. The third-order valence-electron chi connectivity index (χ3n) is 2.59. The highest BCUT2D eigenvalue weighted by atomic mass is 32.2. The van der Waals surface area contributed by atoms with Crippen molar-refractivity contribution in [1.82, 2.24) is 4.98 Å². The van der Waals surface area contributed by atoms with Crippen molar-refractivity contribution >= 4 is 29.3 Å². The van der Waals surface area contributed by atoms with Crippen molar-refractivity contribution in [2.75, 3.05) is 11.1 Å². The van der Waals surface area contributed by atoms with Crippen LogP contribution in [0, 0.1) is 0 Å². The van der Waals surface area contributed by atoms with E-state index in [9.17, 15) is 9.59 Å². The fourth-order valence-corrected chi connectivity index (χ4v) is 2.40. The molecule has 0 aliphatic rings. The van der Waals surface area contributed by atoms with Crippen LogP contribution in [0.1, 0.15) is 5.56 Å². The predicted octanol–water partition coefficient (Wildman–Crippen LogP) is 2.44. The van der Waals surface area contributed by atoms with Gasteiger partial charge in [-0.15, -0.1) is 11.8 Å². The number of carbonyl (C=O) groups excluding carboxylic acids is 1. The molecule has 1 amide bonds. The number of aromatic nitrogens is 1. The zero-order valence-electron chi connectivity index (χ0n) is 11.2. The first kappa shape index (κ1) is 15.1. The minimum atomic E-state index is -0.897. The SMILES string of the molecule is O=C(O)Cc1cccc(NC(=O)CSc2ccncc2)c1. The number of rotatable bonds is 6. The lowest BCUT2D eigenvalue weighted by atomic mass is 10.1. The quantitative estimate of drug-likeness (QED) is 0.801. The van der Waals surface area contributed by atoms with Crippen LogP contribution < -0.4 is 5.32 Å². The second-order valence-corrected chi connectivity index (χ2v) is 5.34. The first-order valence-electron chi connectivity index (χ1n) is 6.27. The van der Waals surface area contributed by atoms with Crippen molar-refractivity contribution in [3.8, 4) is 0 Å². The number of hydrogen-bond acceptors (Lipinski definition) is 4. The summed E-state index contributed by atoms with van der Waals surface area (Å²) >= 11 is 1.42. The minimum absolute atomic E-state index is 0.0600. The number of benzene rings is 1. The lowest BCUT2D eigenvalue weighted by molar-refractivity contribution is -0.136. The van der Waals surface area contributed by atoms with Gasteiger partial charge in [-0.25, -0.2) is 0 Å². The smallest absolute Gasteiger partial charge is 0.307 e. The fraction of sp³-hybridized carbons (Fsp3) is 0.133. The maximum absolute atomic E-state index is 11.9. The van der Waals surface area contributed by atoms with Gasteiger partial charge >= 0.3 is 5.97 Å². The summed E-state index contributed by atoms with van der Waals surface area (Å²) in [6.07, 6.45) is 3.29. The van der Waals surface area contributed by atoms with Gasteiger partial charge < -0.3 is 10.4 Å². The van der Waals surface area contributed by atoms with Crippen LogP contribution in [0.15, 0.2) is 53.7 Å². The summed E-state index contributed by atoms with van der Waals surface area (Å²) < 4.78 is 0. The number of thioether (sulfide) groups is 1. The van der Waals surface area contributed by atoms with Crippen LogP contribution in [0.2, 0.25) is 0 Å².